The fourth-order valence-electron chi connectivity index (χ4n) is 3.77. The number of hydrogen-bond donors (Lipinski definition) is 0. The second-order valence-corrected chi connectivity index (χ2v) is 8.65. The quantitative estimate of drug-likeness (QED) is 0.513. The number of hydrogen-bond acceptors (Lipinski definition) is 7. The highest BCUT2D eigenvalue weighted by Gasteiger charge is 2.20. The summed E-state index contributed by atoms with van der Waals surface area (Å²) in [7, 11) is 0. The van der Waals surface area contributed by atoms with Crippen LogP contribution in [0.3, 0.4) is 0 Å². The molecule has 0 aliphatic carbocycles. The molecular weight excluding hydrogens is 384 g/mol. The summed E-state index contributed by atoms with van der Waals surface area (Å²) >= 11 is 1.50. The number of aromatic nitrogens is 2. The van der Waals surface area contributed by atoms with Crippen LogP contribution < -0.4 is 10.5 Å². The van der Waals surface area contributed by atoms with Crippen molar-refractivity contribution < 1.29 is 4.42 Å². The normalized spacial score (nSPS) is 15.6. The van der Waals surface area contributed by atoms with Crippen molar-refractivity contribution in [2.45, 2.75) is 19.9 Å². The second kappa shape index (κ2) is 7.24. The van der Waals surface area contributed by atoms with E-state index in [1.165, 1.54) is 11.3 Å². The first-order valence-corrected chi connectivity index (χ1v) is 10.7. The van der Waals surface area contributed by atoms with Crippen LogP contribution >= 0.6 is 11.3 Å². The molecule has 1 aromatic carbocycles. The van der Waals surface area contributed by atoms with Crippen molar-refractivity contribution in [2.24, 2.45) is 0 Å². The van der Waals surface area contributed by atoms with Gasteiger partial charge in [-0.2, -0.15) is 4.98 Å². The maximum absolute atomic E-state index is 12.7. The van der Waals surface area contributed by atoms with Gasteiger partial charge in [-0.05, 0) is 44.2 Å². The first-order valence-electron chi connectivity index (χ1n) is 9.88. The minimum atomic E-state index is -0.397. The third-order valence-corrected chi connectivity index (χ3v) is 6.55. The van der Waals surface area contributed by atoms with Gasteiger partial charge in [-0.1, -0.05) is 12.1 Å². The van der Waals surface area contributed by atoms with Crippen molar-refractivity contribution in [3.8, 4) is 10.6 Å². The lowest BCUT2D eigenvalue weighted by molar-refractivity contribution is 0.209. The van der Waals surface area contributed by atoms with Crippen molar-refractivity contribution in [2.75, 3.05) is 31.1 Å². The summed E-state index contributed by atoms with van der Waals surface area (Å²) in [6.07, 6.45) is 0. The summed E-state index contributed by atoms with van der Waals surface area (Å²) in [5.41, 5.74) is 1.36. The van der Waals surface area contributed by atoms with Crippen LogP contribution in [0.25, 0.3) is 31.9 Å². The molecule has 6 nitrogen and oxygen atoms in total. The van der Waals surface area contributed by atoms with E-state index in [1.54, 1.807) is 0 Å². The average molecular weight is 407 g/mol. The summed E-state index contributed by atoms with van der Waals surface area (Å²) in [6, 6.07) is 14.3. The van der Waals surface area contributed by atoms with E-state index < -0.39 is 5.63 Å². The Morgan fingerprint density at radius 2 is 1.83 bits per heavy atom. The molecular formula is C22H22N4O2S. The summed E-state index contributed by atoms with van der Waals surface area (Å²) in [5, 5.41) is 1.49. The Hall–Kier alpha value is -2.77. The maximum atomic E-state index is 12.7. The van der Waals surface area contributed by atoms with E-state index in [-0.39, 0.29) is 0 Å². The number of pyridine rings is 1. The van der Waals surface area contributed by atoms with Crippen LogP contribution in [0.5, 0.6) is 0 Å². The van der Waals surface area contributed by atoms with E-state index in [0.717, 1.165) is 47.6 Å². The predicted octanol–water partition coefficient (Wildman–Crippen LogP) is 4.00. The Morgan fingerprint density at radius 3 is 2.59 bits per heavy atom. The van der Waals surface area contributed by atoms with Gasteiger partial charge in [-0.25, -0.2) is 9.78 Å². The molecule has 1 aliphatic rings. The summed E-state index contributed by atoms with van der Waals surface area (Å²) in [6.45, 7) is 8.31. The Bertz CT molecular complexity index is 1210. The Kier molecular flexibility index (Phi) is 4.56. The van der Waals surface area contributed by atoms with Crippen LogP contribution in [-0.2, 0) is 0 Å². The van der Waals surface area contributed by atoms with Crippen molar-refractivity contribution in [1.82, 2.24) is 14.9 Å². The molecule has 3 aromatic heterocycles. The van der Waals surface area contributed by atoms with Crippen LogP contribution in [0.2, 0.25) is 0 Å². The van der Waals surface area contributed by atoms with E-state index >= 15 is 0 Å². The monoisotopic (exact) mass is 406 g/mol. The molecule has 5 rings (SSSR count). The van der Waals surface area contributed by atoms with Crippen molar-refractivity contribution >= 4 is 38.5 Å². The lowest BCUT2D eigenvalue weighted by Gasteiger charge is -2.37. The van der Waals surface area contributed by atoms with E-state index in [4.69, 9.17) is 4.42 Å². The first-order chi connectivity index (χ1) is 14.1. The largest absolute Gasteiger partial charge is 0.403 e. The number of para-hydroxylation sites is 1. The maximum Gasteiger partial charge on any atom is 0.347 e. The van der Waals surface area contributed by atoms with Gasteiger partial charge >= 0.3 is 5.63 Å². The fourth-order valence-corrected chi connectivity index (χ4v) is 4.74. The Labute approximate surface area is 172 Å². The molecule has 0 unspecified atom stereocenters. The molecule has 4 aromatic rings. The number of thiazole rings is 1. The van der Waals surface area contributed by atoms with Crippen LogP contribution in [0.1, 0.15) is 13.8 Å². The van der Waals surface area contributed by atoms with Gasteiger partial charge in [0.2, 0.25) is 5.71 Å². The molecule has 0 N–H and O–H groups in total. The number of nitrogens with zero attached hydrogens (tertiary/aromatic N) is 4. The second-order valence-electron chi connectivity index (χ2n) is 7.61. The third-order valence-electron chi connectivity index (χ3n) is 5.48. The topological polar surface area (TPSA) is 62.5 Å². The zero-order chi connectivity index (χ0) is 20.0. The van der Waals surface area contributed by atoms with Gasteiger partial charge < -0.3 is 9.32 Å². The van der Waals surface area contributed by atoms with Gasteiger partial charge in [-0.15, -0.1) is 11.3 Å². The number of rotatable bonds is 3. The van der Waals surface area contributed by atoms with Gasteiger partial charge in [0, 0.05) is 37.6 Å². The highest BCUT2D eigenvalue weighted by atomic mass is 32.1. The first kappa shape index (κ1) is 18.3. The van der Waals surface area contributed by atoms with Crippen LogP contribution in [0, 0.1) is 0 Å². The van der Waals surface area contributed by atoms with E-state index in [0.29, 0.717) is 22.3 Å². The Balaban J connectivity index is 1.47. The predicted molar refractivity (Wildman–Crippen MR) is 118 cm³/mol. The molecule has 1 aliphatic heterocycles. The van der Waals surface area contributed by atoms with Crippen LogP contribution in [-0.4, -0.2) is 47.1 Å². The highest BCUT2D eigenvalue weighted by molar-refractivity contribution is 7.21. The third kappa shape index (κ3) is 3.41. The van der Waals surface area contributed by atoms with Crippen LogP contribution in [0.4, 0.5) is 5.82 Å². The lowest BCUT2D eigenvalue weighted by Crippen LogP contribution is -2.49. The minimum absolute atomic E-state index is 0.378. The zero-order valence-corrected chi connectivity index (χ0v) is 17.3. The van der Waals surface area contributed by atoms with Gasteiger partial charge in [0.15, 0.2) is 0 Å². The molecule has 0 amide bonds. The van der Waals surface area contributed by atoms with E-state index in [9.17, 15) is 4.79 Å². The fraction of sp³-hybridized carbons (Fsp3) is 0.318. The Morgan fingerprint density at radius 1 is 1.03 bits per heavy atom. The van der Waals surface area contributed by atoms with E-state index in [2.05, 4.69) is 33.6 Å². The molecule has 148 valence electrons. The summed E-state index contributed by atoms with van der Waals surface area (Å²) < 4.78 is 6.65. The van der Waals surface area contributed by atoms with Gasteiger partial charge in [0.25, 0.3) is 0 Å². The van der Waals surface area contributed by atoms with Crippen molar-refractivity contribution in [3.05, 3.63) is 52.9 Å². The molecule has 0 saturated carbocycles. The molecule has 0 radical (unpaired) electrons. The lowest BCUT2D eigenvalue weighted by atomic mass is 10.2. The number of fused-ring (bicyclic) bond motifs is 2. The number of benzene rings is 1. The standard InChI is InChI=1S/C22H22N4O2S/c1-14(2)25-9-11-26(12-10-25)19-8-7-15-13-16(22(27)28-20(15)24-19)21-23-17-5-3-4-6-18(17)29-21/h3-8,13-14H,9-12H2,1-2H3. The average Bonchev–Trinajstić information content (AvgIpc) is 3.17. The molecule has 4 heterocycles. The molecule has 0 bridgehead atoms. The SMILES string of the molecule is CC(C)N1CCN(c2ccc3cc(-c4nc5ccccc5s4)c(=O)oc3n2)CC1. The molecule has 1 fully saturated rings. The highest BCUT2D eigenvalue weighted by Crippen LogP contribution is 2.30. The molecule has 0 atom stereocenters. The van der Waals surface area contributed by atoms with Crippen molar-refractivity contribution in [3.63, 3.8) is 0 Å². The molecule has 29 heavy (non-hydrogen) atoms. The summed E-state index contributed by atoms with van der Waals surface area (Å²) in [5.74, 6) is 0.858. The summed E-state index contributed by atoms with van der Waals surface area (Å²) in [4.78, 5) is 26.6. The van der Waals surface area contributed by atoms with Gasteiger partial charge in [0.1, 0.15) is 10.8 Å². The smallest absolute Gasteiger partial charge is 0.347 e. The minimum Gasteiger partial charge on any atom is -0.403 e. The number of anilines is 1. The molecule has 7 heteroatoms. The van der Waals surface area contributed by atoms with E-state index in [1.807, 2.05) is 42.5 Å². The van der Waals surface area contributed by atoms with Gasteiger partial charge in [0.05, 0.1) is 15.8 Å². The molecule has 1 saturated heterocycles. The zero-order valence-electron chi connectivity index (χ0n) is 16.5. The van der Waals surface area contributed by atoms with Gasteiger partial charge in [-0.3, -0.25) is 4.90 Å². The van der Waals surface area contributed by atoms with Crippen molar-refractivity contribution in [1.29, 1.82) is 0 Å². The molecule has 0 spiro atoms. The number of piperazine rings is 1. The van der Waals surface area contributed by atoms with Crippen LogP contribution in [0.15, 0.2) is 51.7 Å².